The highest BCUT2D eigenvalue weighted by molar-refractivity contribution is 6.29. The number of aryl methyl sites for hydroxylation is 2. The van der Waals surface area contributed by atoms with Gasteiger partial charge in [0, 0.05) is 11.3 Å². The molecule has 0 fully saturated rings. The van der Waals surface area contributed by atoms with Gasteiger partial charge in [0.25, 0.3) is 5.91 Å². The minimum Gasteiger partial charge on any atom is -0.322 e. The number of carbonyl (C=O) groups is 1. The normalized spacial score (nSPS) is 11.2. The smallest absolute Gasteiger partial charge is 0.256 e. The molecule has 1 N–H and O–H groups in total. The van der Waals surface area contributed by atoms with Crippen molar-refractivity contribution in [2.45, 2.75) is 13.8 Å². The van der Waals surface area contributed by atoms with E-state index >= 15 is 0 Å². The molecule has 0 aliphatic rings. The molecule has 25 heavy (non-hydrogen) atoms. The number of hydrogen-bond acceptors (Lipinski definition) is 1. The predicted molar refractivity (Wildman–Crippen MR) is 105 cm³/mol. The van der Waals surface area contributed by atoms with Gasteiger partial charge in [0.1, 0.15) is 0 Å². The van der Waals surface area contributed by atoms with E-state index in [1.165, 1.54) is 0 Å². The topological polar surface area (TPSA) is 29.1 Å². The van der Waals surface area contributed by atoms with Gasteiger partial charge in [-0.2, -0.15) is 0 Å². The van der Waals surface area contributed by atoms with Crippen LogP contribution in [-0.2, 0) is 4.79 Å². The van der Waals surface area contributed by atoms with Crippen LogP contribution in [0.2, 0.25) is 0 Å². The standard InChI is InChI=1S/C23H21NO/c1-17-11-13-21(14-12-17)24-23(25)22(16-19-8-4-3-5-9-19)20-10-6-7-18(2)15-20/h3-16H,1-2H3,(H,24,25)/b22-16+. The number of benzene rings is 3. The van der Waals surface area contributed by atoms with E-state index in [0.717, 1.165) is 27.9 Å². The lowest BCUT2D eigenvalue weighted by Crippen LogP contribution is -2.13. The molecule has 2 nitrogen and oxygen atoms in total. The lowest BCUT2D eigenvalue weighted by atomic mass is 10.00. The van der Waals surface area contributed by atoms with E-state index in [1.54, 1.807) is 0 Å². The van der Waals surface area contributed by atoms with Gasteiger partial charge in [0.2, 0.25) is 0 Å². The fourth-order valence-corrected chi connectivity index (χ4v) is 2.64. The lowest BCUT2D eigenvalue weighted by molar-refractivity contribution is -0.111. The van der Waals surface area contributed by atoms with Gasteiger partial charge in [-0.05, 0) is 43.2 Å². The monoisotopic (exact) mass is 327 g/mol. The molecule has 3 aromatic carbocycles. The summed E-state index contributed by atoms with van der Waals surface area (Å²) in [5, 5.41) is 3.00. The molecule has 0 unspecified atom stereocenters. The van der Waals surface area contributed by atoms with Crippen molar-refractivity contribution >= 4 is 23.2 Å². The molecule has 3 aromatic rings. The molecule has 0 spiro atoms. The average Bonchev–Trinajstić information content (AvgIpc) is 2.62. The summed E-state index contributed by atoms with van der Waals surface area (Å²) in [5.41, 5.74) is 5.64. The van der Waals surface area contributed by atoms with Crippen LogP contribution < -0.4 is 5.32 Å². The number of nitrogens with one attached hydrogen (secondary N) is 1. The van der Waals surface area contributed by atoms with Crippen LogP contribution in [0.1, 0.15) is 22.3 Å². The van der Waals surface area contributed by atoms with Crippen molar-refractivity contribution in [1.29, 1.82) is 0 Å². The summed E-state index contributed by atoms with van der Waals surface area (Å²) < 4.78 is 0. The molecule has 0 aromatic heterocycles. The Hall–Kier alpha value is -3.13. The summed E-state index contributed by atoms with van der Waals surface area (Å²) >= 11 is 0. The van der Waals surface area contributed by atoms with Gasteiger partial charge < -0.3 is 5.32 Å². The summed E-state index contributed by atoms with van der Waals surface area (Å²) in [6.45, 7) is 4.06. The first-order valence-electron chi connectivity index (χ1n) is 8.33. The van der Waals surface area contributed by atoms with Crippen molar-refractivity contribution in [1.82, 2.24) is 0 Å². The highest BCUT2D eigenvalue weighted by Crippen LogP contribution is 2.22. The Morgan fingerprint density at radius 1 is 0.800 bits per heavy atom. The van der Waals surface area contributed by atoms with Crippen LogP contribution >= 0.6 is 0 Å². The van der Waals surface area contributed by atoms with Gasteiger partial charge in [-0.15, -0.1) is 0 Å². The molecule has 124 valence electrons. The first-order chi connectivity index (χ1) is 12.1. The van der Waals surface area contributed by atoms with Crippen molar-refractivity contribution < 1.29 is 4.79 Å². The molecule has 2 heteroatoms. The van der Waals surface area contributed by atoms with E-state index in [1.807, 2.05) is 98.8 Å². The first kappa shape index (κ1) is 16.7. The molecule has 0 bridgehead atoms. The van der Waals surface area contributed by atoms with Crippen LogP contribution in [0, 0.1) is 13.8 Å². The fourth-order valence-electron chi connectivity index (χ4n) is 2.64. The third-order valence-corrected chi connectivity index (χ3v) is 3.99. The molecule has 0 saturated carbocycles. The second kappa shape index (κ2) is 7.63. The minimum atomic E-state index is -0.113. The lowest BCUT2D eigenvalue weighted by Gasteiger charge is -2.11. The van der Waals surface area contributed by atoms with Gasteiger partial charge in [-0.1, -0.05) is 77.9 Å². The van der Waals surface area contributed by atoms with Crippen LogP contribution in [0.4, 0.5) is 5.69 Å². The van der Waals surface area contributed by atoms with E-state index in [2.05, 4.69) is 5.32 Å². The Kier molecular flexibility index (Phi) is 5.10. The van der Waals surface area contributed by atoms with Crippen molar-refractivity contribution in [2.24, 2.45) is 0 Å². The summed E-state index contributed by atoms with van der Waals surface area (Å²) in [5.74, 6) is -0.113. The Bertz CT molecular complexity index is 893. The summed E-state index contributed by atoms with van der Waals surface area (Å²) in [6, 6.07) is 25.7. The molecule has 0 saturated heterocycles. The number of amides is 1. The van der Waals surface area contributed by atoms with Crippen LogP contribution in [0.25, 0.3) is 11.6 Å². The van der Waals surface area contributed by atoms with Crippen LogP contribution in [-0.4, -0.2) is 5.91 Å². The van der Waals surface area contributed by atoms with Gasteiger partial charge >= 0.3 is 0 Å². The van der Waals surface area contributed by atoms with E-state index in [-0.39, 0.29) is 5.91 Å². The number of carbonyl (C=O) groups excluding carboxylic acids is 1. The van der Waals surface area contributed by atoms with Gasteiger partial charge in [0.15, 0.2) is 0 Å². The average molecular weight is 327 g/mol. The quantitative estimate of drug-likeness (QED) is 0.499. The van der Waals surface area contributed by atoms with Crippen LogP contribution in [0.5, 0.6) is 0 Å². The molecule has 1 amide bonds. The Morgan fingerprint density at radius 2 is 1.52 bits per heavy atom. The van der Waals surface area contributed by atoms with Crippen molar-refractivity contribution in [3.05, 3.63) is 101 Å². The van der Waals surface area contributed by atoms with Crippen molar-refractivity contribution in [3.8, 4) is 0 Å². The Morgan fingerprint density at radius 3 is 2.20 bits per heavy atom. The van der Waals surface area contributed by atoms with E-state index in [9.17, 15) is 4.79 Å². The minimum absolute atomic E-state index is 0.113. The maximum Gasteiger partial charge on any atom is 0.256 e. The molecule has 0 atom stereocenters. The maximum absolute atomic E-state index is 12.9. The summed E-state index contributed by atoms with van der Waals surface area (Å²) in [6.07, 6.45) is 1.93. The zero-order chi connectivity index (χ0) is 17.6. The summed E-state index contributed by atoms with van der Waals surface area (Å²) in [4.78, 5) is 12.9. The molecule has 0 aliphatic carbocycles. The second-order valence-corrected chi connectivity index (χ2v) is 6.16. The first-order valence-corrected chi connectivity index (χ1v) is 8.33. The number of anilines is 1. The van der Waals surface area contributed by atoms with E-state index in [0.29, 0.717) is 5.57 Å². The van der Waals surface area contributed by atoms with E-state index < -0.39 is 0 Å². The molecular formula is C23H21NO. The second-order valence-electron chi connectivity index (χ2n) is 6.16. The number of rotatable bonds is 4. The van der Waals surface area contributed by atoms with Crippen molar-refractivity contribution in [2.75, 3.05) is 5.32 Å². The molecule has 0 heterocycles. The highest BCUT2D eigenvalue weighted by atomic mass is 16.1. The zero-order valence-electron chi connectivity index (χ0n) is 14.5. The third-order valence-electron chi connectivity index (χ3n) is 3.99. The molecular weight excluding hydrogens is 306 g/mol. The predicted octanol–water partition coefficient (Wildman–Crippen LogP) is 5.48. The largest absolute Gasteiger partial charge is 0.322 e. The Balaban J connectivity index is 1.97. The molecule has 0 radical (unpaired) electrons. The highest BCUT2D eigenvalue weighted by Gasteiger charge is 2.13. The third kappa shape index (κ3) is 4.45. The SMILES string of the molecule is Cc1ccc(NC(=O)/C(=C/c2ccccc2)c2cccc(C)c2)cc1. The number of hydrogen-bond donors (Lipinski definition) is 1. The van der Waals surface area contributed by atoms with Crippen molar-refractivity contribution in [3.63, 3.8) is 0 Å². The van der Waals surface area contributed by atoms with Crippen LogP contribution in [0.15, 0.2) is 78.9 Å². The van der Waals surface area contributed by atoms with Gasteiger partial charge in [-0.3, -0.25) is 4.79 Å². The van der Waals surface area contributed by atoms with Gasteiger partial charge in [-0.25, -0.2) is 0 Å². The Labute approximate surface area is 148 Å². The van der Waals surface area contributed by atoms with Crippen LogP contribution in [0.3, 0.4) is 0 Å². The molecule has 3 rings (SSSR count). The fraction of sp³-hybridized carbons (Fsp3) is 0.0870. The van der Waals surface area contributed by atoms with Gasteiger partial charge in [0.05, 0.1) is 0 Å². The molecule has 0 aliphatic heterocycles. The van der Waals surface area contributed by atoms with E-state index in [4.69, 9.17) is 0 Å². The zero-order valence-corrected chi connectivity index (χ0v) is 14.5. The maximum atomic E-state index is 12.9. The summed E-state index contributed by atoms with van der Waals surface area (Å²) in [7, 11) is 0.